The van der Waals surface area contributed by atoms with Crippen molar-refractivity contribution in [2.24, 2.45) is 5.73 Å². The summed E-state index contributed by atoms with van der Waals surface area (Å²) in [5, 5.41) is 0. The van der Waals surface area contributed by atoms with Crippen molar-refractivity contribution < 1.29 is 4.79 Å². The van der Waals surface area contributed by atoms with E-state index in [0.29, 0.717) is 6.54 Å². The van der Waals surface area contributed by atoms with Gasteiger partial charge in [-0.25, -0.2) is 9.97 Å². The van der Waals surface area contributed by atoms with E-state index in [4.69, 9.17) is 5.73 Å². The summed E-state index contributed by atoms with van der Waals surface area (Å²) >= 11 is 0. The molecule has 1 atom stereocenters. The molecule has 0 unspecified atom stereocenters. The fraction of sp³-hybridized carbons (Fsp3) is 0.353. The topological polar surface area (TPSA) is 72.1 Å². The summed E-state index contributed by atoms with van der Waals surface area (Å²) in [6.45, 7) is 3.45. The van der Waals surface area contributed by atoms with Gasteiger partial charge in [-0.2, -0.15) is 0 Å². The molecule has 5 heteroatoms. The molecule has 0 spiro atoms. The second-order valence-electron chi connectivity index (χ2n) is 5.55. The third-order valence-electron chi connectivity index (χ3n) is 4.09. The van der Waals surface area contributed by atoms with Gasteiger partial charge in [0, 0.05) is 25.7 Å². The molecule has 0 fully saturated rings. The van der Waals surface area contributed by atoms with Crippen LogP contribution in [0.5, 0.6) is 0 Å². The van der Waals surface area contributed by atoms with Crippen molar-refractivity contribution in [1.29, 1.82) is 0 Å². The van der Waals surface area contributed by atoms with Crippen molar-refractivity contribution in [3.8, 4) is 0 Å². The zero-order valence-corrected chi connectivity index (χ0v) is 12.7. The fourth-order valence-electron chi connectivity index (χ4n) is 2.95. The number of aromatic nitrogens is 2. The average molecular weight is 296 g/mol. The summed E-state index contributed by atoms with van der Waals surface area (Å²) in [6, 6.07) is 9.29. The standard InChI is InChI=1S/C17H20N4O/c1-2-15-19-10-13-8-9-21(11-14(13)20-15)16(17(18)22)12-6-4-3-5-7-12/h3-7,10,16H,2,8-9,11H2,1H3,(H2,18,22)/t16-/m1/s1. The fourth-order valence-corrected chi connectivity index (χ4v) is 2.95. The number of primary amides is 1. The van der Waals surface area contributed by atoms with Crippen LogP contribution in [-0.4, -0.2) is 27.3 Å². The Labute approximate surface area is 130 Å². The first-order valence-corrected chi connectivity index (χ1v) is 7.61. The number of fused-ring (bicyclic) bond motifs is 1. The lowest BCUT2D eigenvalue weighted by Crippen LogP contribution is -2.41. The van der Waals surface area contributed by atoms with Crippen LogP contribution in [0.25, 0.3) is 0 Å². The normalized spacial score (nSPS) is 16.0. The van der Waals surface area contributed by atoms with Crippen LogP contribution in [0.4, 0.5) is 0 Å². The Morgan fingerprint density at radius 2 is 2.14 bits per heavy atom. The van der Waals surface area contributed by atoms with Crippen molar-refractivity contribution in [1.82, 2.24) is 14.9 Å². The van der Waals surface area contributed by atoms with Gasteiger partial charge in [-0.3, -0.25) is 9.69 Å². The van der Waals surface area contributed by atoms with Crippen LogP contribution in [0.15, 0.2) is 36.5 Å². The SMILES string of the molecule is CCc1ncc2c(n1)CN([C@@H](C(N)=O)c1ccccc1)CC2. The number of carbonyl (C=O) groups excluding carboxylic acids is 1. The van der Waals surface area contributed by atoms with Crippen LogP contribution in [0.1, 0.15) is 35.6 Å². The monoisotopic (exact) mass is 296 g/mol. The number of nitrogens with two attached hydrogens (primary N) is 1. The lowest BCUT2D eigenvalue weighted by molar-refractivity contribution is -0.123. The van der Waals surface area contributed by atoms with E-state index < -0.39 is 6.04 Å². The Morgan fingerprint density at radius 3 is 2.82 bits per heavy atom. The first-order chi connectivity index (χ1) is 10.7. The van der Waals surface area contributed by atoms with Gasteiger partial charge in [-0.05, 0) is 17.5 Å². The van der Waals surface area contributed by atoms with E-state index in [1.165, 1.54) is 5.56 Å². The molecular formula is C17H20N4O. The Bertz CT molecular complexity index is 672. The van der Waals surface area contributed by atoms with Gasteiger partial charge >= 0.3 is 0 Å². The van der Waals surface area contributed by atoms with Crippen molar-refractivity contribution >= 4 is 5.91 Å². The van der Waals surface area contributed by atoms with E-state index in [1.54, 1.807) is 0 Å². The van der Waals surface area contributed by atoms with Crippen molar-refractivity contribution in [3.05, 3.63) is 59.2 Å². The maximum absolute atomic E-state index is 12.0. The molecule has 1 aliphatic heterocycles. The number of nitrogens with zero attached hydrogens (tertiary/aromatic N) is 3. The highest BCUT2D eigenvalue weighted by Crippen LogP contribution is 2.26. The summed E-state index contributed by atoms with van der Waals surface area (Å²) < 4.78 is 0. The van der Waals surface area contributed by atoms with Gasteiger partial charge in [0.2, 0.25) is 5.91 Å². The molecule has 1 aromatic heterocycles. The number of aryl methyl sites for hydroxylation is 1. The van der Waals surface area contributed by atoms with Gasteiger partial charge < -0.3 is 5.73 Å². The number of hydrogen-bond donors (Lipinski definition) is 1. The molecule has 114 valence electrons. The summed E-state index contributed by atoms with van der Waals surface area (Å²) in [5.74, 6) is 0.523. The minimum absolute atomic E-state index is 0.320. The van der Waals surface area contributed by atoms with Crippen LogP contribution < -0.4 is 5.73 Å². The number of hydrogen-bond acceptors (Lipinski definition) is 4. The molecule has 1 aliphatic rings. The summed E-state index contributed by atoms with van der Waals surface area (Å²) in [5.41, 5.74) is 8.78. The molecule has 0 saturated heterocycles. The van der Waals surface area contributed by atoms with Crippen molar-refractivity contribution in [2.45, 2.75) is 32.4 Å². The molecule has 0 bridgehead atoms. The number of carbonyl (C=O) groups is 1. The average Bonchev–Trinajstić information content (AvgIpc) is 2.55. The zero-order valence-electron chi connectivity index (χ0n) is 12.7. The van der Waals surface area contributed by atoms with E-state index in [2.05, 4.69) is 14.9 Å². The van der Waals surface area contributed by atoms with Crippen LogP contribution in [0.2, 0.25) is 0 Å². The van der Waals surface area contributed by atoms with Gasteiger partial charge in [0.05, 0.1) is 5.69 Å². The van der Waals surface area contributed by atoms with Gasteiger partial charge in [-0.15, -0.1) is 0 Å². The van der Waals surface area contributed by atoms with E-state index in [-0.39, 0.29) is 5.91 Å². The highest BCUT2D eigenvalue weighted by atomic mass is 16.1. The predicted octanol–water partition coefficient (Wildman–Crippen LogP) is 1.62. The molecule has 2 heterocycles. The molecular weight excluding hydrogens is 276 g/mol. The first-order valence-electron chi connectivity index (χ1n) is 7.61. The van der Waals surface area contributed by atoms with E-state index in [1.807, 2.05) is 43.5 Å². The molecule has 22 heavy (non-hydrogen) atoms. The van der Waals surface area contributed by atoms with Crippen LogP contribution in [-0.2, 0) is 24.2 Å². The summed E-state index contributed by atoms with van der Waals surface area (Å²) in [6.07, 6.45) is 3.57. The van der Waals surface area contributed by atoms with E-state index in [9.17, 15) is 4.79 Å². The van der Waals surface area contributed by atoms with Gasteiger partial charge in [0.1, 0.15) is 11.9 Å². The molecule has 3 rings (SSSR count). The quantitative estimate of drug-likeness (QED) is 0.930. The lowest BCUT2D eigenvalue weighted by atomic mass is 10.00. The zero-order chi connectivity index (χ0) is 15.5. The highest BCUT2D eigenvalue weighted by molar-refractivity contribution is 5.81. The van der Waals surface area contributed by atoms with Gasteiger partial charge in [-0.1, -0.05) is 37.3 Å². The molecule has 2 N–H and O–H groups in total. The van der Waals surface area contributed by atoms with Gasteiger partial charge in [0.25, 0.3) is 0 Å². The molecule has 1 amide bonds. The number of rotatable bonds is 4. The molecule has 2 aromatic rings. The van der Waals surface area contributed by atoms with Crippen molar-refractivity contribution in [3.63, 3.8) is 0 Å². The largest absolute Gasteiger partial charge is 0.368 e. The molecule has 1 aromatic carbocycles. The second-order valence-corrected chi connectivity index (χ2v) is 5.55. The summed E-state index contributed by atoms with van der Waals surface area (Å²) in [4.78, 5) is 23.1. The number of benzene rings is 1. The lowest BCUT2D eigenvalue weighted by Gasteiger charge is -2.33. The minimum atomic E-state index is -0.408. The highest BCUT2D eigenvalue weighted by Gasteiger charge is 2.29. The third-order valence-corrected chi connectivity index (χ3v) is 4.09. The maximum atomic E-state index is 12.0. The van der Waals surface area contributed by atoms with Gasteiger partial charge in [0.15, 0.2) is 0 Å². The van der Waals surface area contributed by atoms with E-state index >= 15 is 0 Å². The number of amides is 1. The minimum Gasteiger partial charge on any atom is -0.368 e. The van der Waals surface area contributed by atoms with Crippen LogP contribution >= 0.6 is 0 Å². The molecule has 0 aliphatic carbocycles. The third kappa shape index (κ3) is 2.85. The summed E-state index contributed by atoms with van der Waals surface area (Å²) in [7, 11) is 0. The Balaban J connectivity index is 1.89. The first kappa shape index (κ1) is 14.7. The smallest absolute Gasteiger partial charge is 0.239 e. The Morgan fingerprint density at radius 1 is 1.36 bits per heavy atom. The molecule has 5 nitrogen and oxygen atoms in total. The Kier molecular flexibility index (Phi) is 4.15. The maximum Gasteiger partial charge on any atom is 0.239 e. The van der Waals surface area contributed by atoms with E-state index in [0.717, 1.165) is 36.5 Å². The second kappa shape index (κ2) is 6.23. The predicted molar refractivity (Wildman–Crippen MR) is 83.9 cm³/mol. The van der Waals surface area contributed by atoms with Crippen LogP contribution in [0.3, 0.4) is 0 Å². The molecule has 0 saturated carbocycles. The van der Waals surface area contributed by atoms with Crippen LogP contribution in [0, 0.1) is 0 Å². The molecule has 0 radical (unpaired) electrons. The Hall–Kier alpha value is -2.27. The van der Waals surface area contributed by atoms with Crippen molar-refractivity contribution in [2.75, 3.05) is 6.54 Å².